The van der Waals surface area contributed by atoms with Crippen LogP contribution in [0, 0.1) is 5.82 Å². The van der Waals surface area contributed by atoms with Crippen LogP contribution in [0.1, 0.15) is 36.0 Å². The number of methoxy groups -OCH3 is 1. The van der Waals surface area contributed by atoms with E-state index < -0.39 is 11.8 Å². The molecule has 6 heteroatoms. The number of nitrogens with zero attached hydrogens (tertiary/aromatic N) is 1. The molecule has 0 spiro atoms. The molecule has 1 aromatic carbocycles. The Labute approximate surface area is 122 Å². The van der Waals surface area contributed by atoms with Gasteiger partial charge in [-0.25, -0.2) is 4.39 Å². The number of piperidine rings is 1. The first-order valence-corrected chi connectivity index (χ1v) is 6.89. The van der Waals surface area contributed by atoms with E-state index in [4.69, 9.17) is 9.84 Å². The Hall–Kier alpha value is -2.11. The van der Waals surface area contributed by atoms with Gasteiger partial charge < -0.3 is 14.7 Å². The van der Waals surface area contributed by atoms with Crippen LogP contribution in [0.25, 0.3) is 0 Å². The number of hydrogen-bond donors (Lipinski definition) is 1. The predicted octanol–water partition coefficient (Wildman–Crippen LogP) is 2.30. The van der Waals surface area contributed by atoms with Crippen molar-refractivity contribution in [2.75, 3.05) is 13.7 Å². The van der Waals surface area contributed by atoms with Crippen LogP contribution in [0.3, 0.4) is 0 Å². The molecule has 1 saturated heterocycles. The summed E-state index contributed by atoms with van der Waals surface area (Å²) in [6.45, 7) is 0.524. The van der Waals surface area contributed by atoms with Gasteiger partial charge in [-0.15, -0.1) is 0 Å². The standard InChI is InChI=1S/C15H18FNO4/c1-21-13-8-10(5-6-12(13)16)15(20)17-7-3-2-4-11(17)9-14(18)19/h5-6,8,11H,2-4,7,9H2,1H3,(H,18,19)/t11-/m0/s1. The highest BCUT2D eigenvalue weighted by atomic mass is 19.1. The molecule has 1 aliphatic rings. The molecule has 5 nitrogen and oxygen atoms in total. The van der Waals surface area contributed by atoms with E-state index in [9.17, 15) is 14.0 Å². The van der Waals surface area contributed by atoms with Crippen molar-refractivity contribution in [1.82, 2.24) is 4.90 Å². The summed E-state index contributed by atoms with van der Waals surface area (Å²) < 4.78 is 18.3. The second-order valence-corrected chi connectivity index (χ2v) is 5.10. The van der Waals surface area contributed by atoms with E-state index in [0.717, 1.165) is 12.8 Å². The van der Waals surface area contributed by atoms with Gasteiger partial charge in [0.1, 0.15) is 0 Å². The van der Waals surface area contributed by atoms with E-state index in [2.05, 4.69) is 0 Å². The normalized spacial score (nSPS) is 18.4. The molecule has 1 aromatic rings. The zero-order valence-corrected chi connectivity index (χ0v) is 11.8. The second-order valence-electron chi connectivity index (χ2n) is 5.10. The van der Waals surface area contributed by atoms with Crippen molar-refractivity contribution in [2.45, 2.75) is 31.7 Å². The van der Waals surface area contributed by atoms with Gasteiger partial charge in [0.15, 0.2) is 11.6 Å². The number of rotatable bonds is 4. The molecule has 1 aliphatic heterocycles. The van der Waals surface area contributed by atoms with Gasteiger partial charge in [-0.2, -0.15) is 0 Å². The SMILES string of the molecule is COc1cc(C(=O)N2CCCC[C@H]2CC(=O)O)ccc1F. The summed E-state index contributed by atoms with van der Waals surface area (Å²) >= 11 is 0. The number of likely N-dealkylation sites (tertiary alicyclic amines) is 1. The van der Waals surface area contributed by atoms with E-state index >= 15 is 0 Å². The summed E-state index contributed by atoms with van der Waals surface area (Å²) in [5, 5.41) is 8.95. The molecule has 0 aliphatic carbocycles. The Morgan fingerprint density at radius 3 is 2.86 bits per heavy atom. The molecule has 1 heterocycles. The van der Waals surface area contributed by atoms with E-state index in [0.29, 0.717) is 18.5 Å². The van der Waals surface area contributed by atoms with Gasteiger partial charge in [0.2, 0.25) is 0 Å². The first kappa shape index (κ1) is 15.3. The fraction of sp³-hybridized carbons (Fsp3) is 0.467. The summed E-state index contributed by atoms with van der Waals surface area (Å²) in [5.41, 5.74) is 0.311. The van der Waals surface area contributed by atoms with Crippen molar-refractivity contribution in [3.63, 3.8) is 0 Å². The smallest absolute Gasteiger partial charge is 0.305 e. The van der Waals surface area contributed by atoms with Crippen molar-refractivity contribution in [2.24, 2.45) is 0 Å². The largest absolute Gasteiger partial charge is 0.494 e. The molecular formula is C15H18FNO4. The van der Waals surface area contributed by atoms with Crippen LogP contribution in [-0.4, -0.2) is 41.6 Å². The van der Waals surface area contributed by atoms with Gasteiger partial charge in [-0.1, -0.05) is 0 Å². The lowest BCUT2D eigenvalue weighted by atomic mass is 9.98. The highest BCUT2D eigenvalue weighted by Crippen LogP contribution is 2.24. The quantitative estimate of drug-likeness (QED) is 0.925. The number of halogens is 1. The predicted molar refractivity (Wildman–Crippen MR) is 73.9 cm³/mol. The fourth-order valence-corrected chi connectivity index (χ4v) is 2.64. The number of carbonyl (C=O) groups is 2. The third-order valence-electron chi connectivity index (χ3n) is 3.70. The van der Waals surface area contributed by atoms with Crippen LogP contribution in [0.4, 0.5) is 4.39 Å². The lowest BCUT2D eigenvalue weighted by molar-refractivity contribution is -0.138. The third-order valence-corrected chi connectivity index (χ3v) is 3.70. The fourth-order valence-electron chi connectivity index (χ4n) is 2.64. The number of aliphatic carboxylic acids is 1. The van der Waals surface area contributed by atoms with Crippen molar-refractivity contribution < 1.29 is 23.8 Å². The molecule has 1 fully saturated rings. The monoisotopic (exact) mass is 295 g/mol. The van der Waals surface area contributed by atoms with Gasteiger partial charge in [-0.3, -0.25) is 9.59 Å². The van der Waals surface area contributed by atoms with Crippen molar-refractivity contribution in [3.8, 4) is 5.75 Å². The van der Waals surface area contributed by atoms with Gasteiger partial charge >= 0.3 is 5.97 Å². The third kappa shape index (κ3) is 3.51. The molecule has 1 atom stereocenters. The maximum atomic E-state index is 13.4. The Kier molecular flexibility index (Phi) is 4.77. The van der Waals surface area contributed by atoms with Crippen molar-refractivity contribution in [1.29, 1.82) is 0 Å². The van der Waals surface area contributed by atoms with Crippen LogP contribution >= 0.6 is 0 Å². The van der Waals surface area contributed by atoms with Gasteiger partial charge in [0.05, 0.1) is 13.5 Å². The highest BCUT2D eigenvalue weighted by Gasteiger charge is 2.29. The van der Waals surface area contributed by atoms with Crippen LogP contribution < -0.4 is 4.74 Å². The Morgan fingerprint density at radius 1 is 1.43 bits per heavy atom. The molecule has 0 saturated carbocycles. The molecule has 1 N–H and O–H groups in total. The second kappa shape index (κ2) is 6.56. The van der Waals surface area contributed by atoms with Gasteiger partial charge in [-0.05, 0) is 37.5 Å². The first-order valence-electron chi connectivity index (χ1n) is 6.89. The summed E-state index contributed by atoms with van der Waals surface area (Å²) in [6, 6.07) is 3.62. The highest BCUT2D eigenvalue weighted by molar-refractivity contribution is 5.95. The lowest BCUT2D eigenvalue weighted by Crippen LogP contribution is -2.44. The number of carboxylic acid groups (broad SMARTS) is 1. The summed E-state index contributed by atoms with van der Waals surface area (Å²) in [4.78, 5) is 25.0. The summed E-state index contributed by atoms with van der Waals surface area (Å²) in [6.07, 6.45) is 2.37. The molecule has 21 heavy (non-hydrogen) atoms. The molecule has 114 valence electrons. The van der Waals surface area contributed by atoms with Crippen LogP contribution in [0.2, 0.25) is 0 Å². The van der Waals surface area contributed by atoms with E-state index in [-0.39, 0.29) is 24.1 Å². The van der Waals surface area contributed by atoms with E-state index in [1.54, 1.807) is 4.90 Å². The van der Waals surface area contributed by atoms with E-state index in [1.165, 1.54) is 25.3 Å². The number of ether oxygens (including phenoxy) is 1. The minimum absolute atomic E-state index is 0.00708. The zero-order chi connectivity index (χ0) is 15.4. The minimum atomic E-state index is -0.920. The Balaban J connectivity index is 2.22. The average Bonchev–Trinajstić information content (AvgIpc) is 2.47. The molecular weight excluding hydrogens is 277 g/mol. The van der Waals surface area contributed by atoms with Crippen LogP contribution in [0.5, 0.6) is 5.75 Å². The summed E-state index contributed by atoms with van der Waals surface area (Å²) in [5.74, 6) is -1.72. The molecule has 2 rings (SSSR count). The lowest BCUT2D eigenvalue weighted by Gasteiger charge is -2.35. The topological polar surface area (TPSA) is 66.8 Å². The number of hydrogen-bond acceptors (Lipinski definition) is 3. The molecule has 0 aromatic heterocycles. The number of carboxylic acids is 1. The van der Waals surface area contributed by atoms with Gasteiger partial charge in [0.25, 0.3) is 5.91 Å². The first-order chi connectivity index (χ1) is 10.0. The van der Waals surface area contributed by atoms with Gasteiger partial charge in [0, 0.05) is 18.2 Å². The molecule has 0 unspecified atom stereocenters. The number of amides is 1. The maximum absolute atomic E-state index is 13.4. The number of carbonyl (C=O) groups excluding carboxylic acids is 1. The molecule has 1 amide bonds. The molecule has 0 radical (unpaired) electrons. The maximum Gasteiger partial charge on any atom is 0.305 e. The van der Waals surface area contributed by atoms with Crippen molar-refractivity contribution >= 4 is 11.9 Å². The Bertz CT molecular complexity index is 546. The minimum Gasteiger partial charge on any atom is -0.494 e. The molecule has 0 bridgehead atoms. The van der Waals surface area contributed by atoms with Crippen molar-refractivity contribution in [3.05, 3.63) is 29.6 Å². The van der Waals surface area contributed by atoms with Crippen LogP contribution in [0.15, 0.2) is 18.2 Å². The number of benzene rings is 1. The Morgan fingerprint density at radius 2 is 2.19 bits per heavy atom. The summed E-state index contributed by atoms with van der Waals surface area (Å²) in [7, 11) is 1.33. The average molecular weight is 295 g/mol. The van der Waals surface area contributed by atoms with Crippen LogP contribution in [-0.2, 0) is 4.79 Å². The van der Waals surface area contributed by atoms with E-state index in [1.807, 2.05) is 0 Å². The zero-order valence-electron chi connectivity index (χ0n) is 11.8.